The molecule has 4 nitrogen and oxygen atoms in total. The van der Waals surface area contributed by atoms with Crippen molar-refractivity contribution in [3.05, 3.63) is 24.0 Å². The quantitative estimate of drug-likeness (QED) is 0.739. The number of benzene rings is 1. The number of carbonyl (C=O) groups excluding carboxylic acids is 1. The van der Waals surface area contributed by atoms with Crippen LogP contribution in [0.25, 0.3) is 0 Å². The van der Waals surface area contributed by atoms with Gasteiger partial charge in [0.05, 0.1) is 11.7 Å². The molecule has 0 aliphatic carbocycles. The van der Waals surface area contributed by atoms with Gasteiger partial charge >= 0.3 is 0 Å². The van der Waals surface area contributed by atoms with Gasteiger partial charge in [-0.15, -0.1) is 12.4 Å². The van der Waals surface area contributed by atoms with Crippen molar-refractivity contribution >= 4 is 24.0 Å². The molecule has 2 atom stereocenters. The van der Waals surface area contributed by atoms with Gasteiger partial charge in [-0.05, 0) is 18.1 Å². The van der Waals surface area contributed by atoms with E-state index in [1.54, 1.807) is 0 Å². The number of amides is 1. The zero-order valence-corrected chi connectivity index (χ0v) is 11.1. The lowest BCUT2D eigenvalue weighted by Crippen LogP contribution is -2.40. The van der Waals surface area contributed by atoms with E-state index in [9.17, 15) is 14.3 Å². The molecule has 0 saturated heterocycles. The highest BCUT2D eigenvalue weighted by Crippen LogP contribution is 2.23. The summed E-state index contributed by atoms with van der Waals surface area (Å²) in [7, 11) is 0. The number of nitrogens with two attached hydrogens (primary N) is 1. The first-order valence-electron chi connectivity index (χ1n) is 5.50. The van der Waals surface area contributed by atoms with Gasteiger partial charge in [0.1, 0.15) is 11.6 Å². The summed E-state index contributed by atoms with van der Waals surface area (Å²) in [6.07, 6.45) is 0.768. The molecule has 2 unspecified atom stereocenters. The third-order valence-corrected chi connectivity index (χ3v) is 2.78. The van der Waals surface area contributed by atoms with Crippen molar-refractivity contribution in [3.8, 4) is 5.75 Å². The minimum Gasteiger partial charge on any atom is -0.506 e. The predicted molar refractivity (Wildman–Crippen MR) is 71.4 cm³/mol. The Bertz CT molecular complexity index is 415. The Balaban J connectivity index is 0.00000289. The molecular weight excluding hydrogens is 259 g/mol. The fourth-order valence-corrected chi connectivity index (χ4v) is 1.34. The standard InChI is InChI=1S/C12H17FN2O2.ClH/c1-3-7(2)11(14)12(17)15-9-6-8(13)4-5-10(9)16;/h4-7,11,16H,3,14H2,1-2H3,(H,15,17);1H. The summed E-state index contributed by atoms with van der Waals surface area (Å²) in [5, 5.41) is 11.9. The molecule has 0 aromatic heterocycles. The van der Waals surface area contributed by atoms with Gasteiger partial charge in [-0.1, -0.05) is 20.3 Å². The van der Waals surface area contributed by atoms with E-state index < -0.39 is 17.8 Å². The Labute approximate surface area is 112 Å². The van der Waals surface area contributed by atoms with Gasteiger partial charge in [0, 0.05) is 6.07 Å². The number of rotatable bonds is 4. The van der Waals surface area contributed by atoms with Gasteiger partial charge in [-0.25, -0.2) is 4.39 Å². The second-order valence-corrected chi connectivity index (χ2v) is 4.06. The summed E-state index contributed by atoms with van der Waals surface area (Å²) in [4.78, 5) is 11.7. The second-order valence-electron chi connectivity index (χ2n) is 4.06. The van der Waals surface area contributed by atoms with Crippen LogP contribution >= 0.6 is 12.4 Å². The van der Waals surface area contributed by atoms with Crippen LogP contribution in [0.4, 0.5) is 10.1 Å². The number of phenols is 1. The van der Waals surface area contributed by atoms with Crippen molar-refractivity contribution in [3.63, 3.8) is 0 Å². The highest BCUT2D eigenvalue weighted by Gasteiger charge is 2.20. The number of phenolic OH excluding ortho intramolecular Hbond substituents is 1. The van der Waals surface area contributed by atoms with E-state index >= 15 is 0 Å². The summed E-state index contributed by atoms with van der Waals surface area (Å²) in [6, 6.07) is 2.67. The molecule has 1 aromatic rings. The van der Waals surface area contributed by atoms with E-state index in [0.717, 1.165) is 18.6 Å². The van der Waals surface area contributed by atoms with E-state index in [-0.39, 0.29) is 29.8 Å². The molecule has 0 aliphatic heterocycles. The number of carbonyl (C=O) groups is 1. The summed E-state index contributed by atoms with van der Waals surface area (Å²) < 4.78 is 12.9. The van der Waals surface area contributed by atoms with Crippen LogP contribution in [0.1, 0.15) is 20.3 Å². The van der Waals surface area contributed by atoms with Crippen LogP contribution in [0.2, 0.25) is 0 Å². The smallest absolute Gasteiger partial charge is 0.241 e. The molecule has 0 saturated carbocycles. The number of aromatic hydroxyl groups is 1. The van der Waals surface area contributed by atoms with Crippen molar-refractivity contribution in [2.75, 3.05) is 5.32 Å². The molecular formula is C12H18ClFN2O2. The fourth-order valence-electron chi connectivity index (χ4n) is 1.34. The number of anilines is 1. The van der Waals surface area contributed by atoms with E-state index in [1.807, 2.05) is 13.8 Å². The van der Waals surface area contributed by atoms with Crippen molar-refractivity contribution in [1.82, 2.24) is 0 Å². The van der Waals surface area contributed by atoms with Crippen molar-refractivity contribution in [1.29, 1.82) is 0 Å². The lowest BCUT2D eigenvalue weighted by Gasteiger charge is -2.18. The SMILES string of the molecule is CCC(C)C(N)C(=O)Nc1cc(F)ccc1O.Cl. The molecule has 0 aliphatic rings. The van der Waals surface area contributed by atoms with Crippen LogP contribution in [0.3, 0.4) is 0 Å². The average molecular weight is 277 g/mol. The van der Waals surface area contributed by atoms with Crippen LogP contribution in [-0.2, 0) is 4.79 Å². The third kappa shape index (κ3) is 4.16. The maximum atomic E-state index is 12.9. The molecule has 102 valence electrons. The Morgan fingerprint density at radius 3 is 2.72 bits per heavy atom. The van der Waals surface area contributed by atoms with Gasteiger partial charge in [0.15, 0.2) is 0 Å². The van der Waals surface area contributed by atoms with E-state index in [4.69, 9.17) is 5.73 Å². The van der Waals surface area contributed by atoms with Crippen LogP contribution in [0.15, 0.2) is 18.2 Å². The number of nitrogens with one attached hydrogen (secondary N) is 1. The van der Waals surface area contributed by atoms with Crippen molar-refractivity contribution in [2.24, 2.45) is 11.7 Å². The zero-order chi connectivity index (χ0) is 13.0. The van der Waals surface area contributed by atoms with E-state index in [0.29, 0.717) is 0 Å². The van der Waals surface area contributed by atoms with Crippen LogP contribution in [0.5, 0.6) is 5.75 Å². The maximum absolute atomic E-state index is 12.9. The van der Waals surface area contributed by atoms with Gasteiger partial charge < -0.3 is 16.2 Å². The molecule has 0 fully saturated rings. The van der Waals surface area contributed by atoms with Crippen LogP contribution in [-0.4, -0.2) is 17.1 Å². The molecule has 0 bridgehead atoms. The summed E-state index contributed by atoms with van der Waals surface area (Å²) in [5.41, 5.74) is 5.76. The average Bonchev–Trinajstić information content (AvgIpc) is 2.31. The molecule has 1 amide bonds. The molecule has 1 aromatic carbocycles. The van der Waals surface area contributed by atoms with E-state index in [1.165, 1.54) is 6.07 Å². The summed E-state index contributed by atoms with van der Waals surface area (Å²) in [5.74, 6) is -1.13. The van der Waals surface area contributed by atoms with Crippen LogP contribution < -0.4 is 11.1 Å². The number of hydrogen-bond donors (Lipinski definition) is 3. The van der Waals surface area contributed by atoms with Crippen molar-refractivity contribution < 1.29 is 14.3 Å². The molecule has 18 heavy (non-hydrogen) atoms. The Kier molecular flexibility index (Phi) is 6.65. The normalized spacial score (nSPS) is 13.3. The largest absolute Gasteiger partial charge is 0.506 e. The molecule has 6 heteroatoms. The Morgan fingerprint density at radius 1 is 1.56 bits per heavy atom. The summed E-state index contributed by atoms with van der Waals surface area (Å²) in [6.45, 7) is 3.78. The zero-order valence-electron chi connectivity index (χ0n) is 10.3. The van der Waals surface area contributed by atoms with E-state index in [2.05, 4.69) is 5.32 Å². The topological polar surface area (TPSA) is 75.4 Å². The Hall–Kier alpha value is -1.33. The summed E-state index contributed by atoms with van der Waals surface area (Å²) >= 11 is 0. The predicted octanol–water partition coefficient (Wildman–Crippen LogP) is 2.27. The minimum atomic E-state index is -0.678. The van der Waals surface area contributed by atoms with Gasteiger partial charge in [-0.3, -0.25) is 4.79 Å². The lowest BCUT2D eigenvalue weighted by molar-refractivity contribution is -0.118. The third-order valence-electron chi connectivity index (χ3n) is 2.78. The second kappa shape index (κ2) is 7.18. The van der Waals surface area contributed by atoms with Crippen LogP contribution in [0, 0.1) is 11.7 Å². The highest BCUT2D eigenvalue weighted by atomic mass is 35.5. The first kappa shape index (κ1) is 16.7. The first-order chi connectivity index (χ1) is 7.95. The van der Waals surface area contributed by atoms with Gasteiger partial charge in [-0.2, -0.15) is 0 Å². The Morgan fingerprint density at radius 2 is 2.17 bits per heavy atom. The number of hydrogen-bond acceptors (Lipinski definition) is 3. The highest BCUT2D eigenvalue weighted by molar-refractivity contribution is 5.96. The maximum Gasteiger partial charge on any atom is 0.241 e. The van der Waals surface area contributed by atoms with Gasteiger partial charge in [0.2, 0.25) is 5.91 Å². The minimum absolute atomic E-state index is 0. The van der Waals surface area contributed by atoms with Gasteiger partial charge in [0.25, 0.3) is 0 Å². The molecule has 1 rings (SSSR count). The molecule has 0 radical (unpaired) electrons. The molecule has 4 N–H and O–H groups in total. The lowest BCUT2D eigenvalue weighted by atomic mass is 9.99. The molecule has 0 heterocycles. The fraction of sp³-hybridized carbons (Fsp3) is 0.417. The monoisotopic (exact) mass is 276 g/mol. The molecule has 0 spiro atoms. The first-order valence-corrected chi connectivity index (χ1v) is 5.50. The number of halogens is 2. The van der Waals surface area contributed by atoms with Crippen molar-refractivity contribution in [2.45, 2.75) is 26.3 Å².